The van der Waals surface area contributed by atoms with Crippen LogP contribution < -0.4 is 18.9 Å². The zero-order chi connectivity index (χ0) is 20.9. The van der Waals surface area contributed by atoms with Crippen molar-refractivity contribution in [1.82, 2.24) is 9.62 Å². The number of benzene rings is 2. The maximum atomic E-state index is 12.4. The number of fused-ring (bicyclic) bond motifs is 1. The van der Waals surface area contributed by atoms with Crippen LogP contribution >= 0.6 is 0 Å². The topological polar surface area (TPSA) is 77.1 Å². The van der Waals surface area contributed by atoms with Crippen LogP contribution in [0, 0.1) is 0 Å². The summed E-state index contributed by atoms with van der Waals surface area (Å²) in [7, 11) is 1.32. The molecule has 0 aliphatic carbocycles. The maximum Gasteiger partial charge on any atom is 0.240 e. The van der Waals surface area contributed by atoms with Crippen LogP contribution in [0.2, 0.25) is 0 Å². The highest BCUT2D eigenvalue weighted by molar-refractivity contribution is 7.89. The molecular formula is C21H28N2O5S. The average molecular weight is 421 g/mol. The molecule has 0 spiro atoms. The van der Waals surface area contributed by atoms with Gasteiger partial charge in [0.1, 0.15) is 5.75 Å². The molecule has 0 atom stereocenters. The van der Waals surface area contributed by atoms with Gasteiger partial charge in [0, 0.05) is 19.6 Å². The molecule has 0 aromatic heterocycles. The van der Waals surface area contributed by atoms with E-state index in [0.29, 0.717) is 12.3 Å². The van der Waals surface area contributed by atoms with Gasteiger partial charge in [0.05, 0.1) is 26.2 Å². The van der Waals surface area contributed by atoms with Crippen LogP contribution in [0.3, 0.4) is 0 Å². The summed E-state index contributed by atoms with van der Waals surface area (Å²) in [5.41, 5.74) is 2.51. The Morgan fingerprint density at radius 1 is 0.966 bits per heavy atom. The van der Waals surface area contributed by atoms with Crippen molar-refractivity contribution in [2.75, 3.05) is 41.0 Å². The van der Waals surface area contributed by atoms with E-state index < -0.39 is 10.0 Å². The molecule has 0 saturated heterocycles. The molecule has 0 amide bonds. The first-order valence-electron chi connectivity index (χ1n) is 9.56. The van der Waals surface area contributed by atoms with E-state index in [1.165, 1.54) is 11.1 Å². The van der Waals surface area contributed by atoms with E-state index in [1.807, 2.05) is 6.07 Å². The Morgan fingerprint density at radius 2 is 1.62 bits per heavy atom. The van der Waals surface area contributed by atoms with Gasteiger partial charge in [-0.2, -0.15) is 0 Å². The Bertz CT molecular complexity index is 929. The minimum absolute atomic E-state index is 0.242. The molecule has 1 N–H and O–H groups in total. The lowest BCUT2D eigenvalue weighted by Gasteiger charge is -2.29. The van der Waals surface area contributed by atoms with Gasteiger partial charge in [0.2, 0.25) is 10.0 Å². The minimum atomic E-state index is -3.51. The summed E-state index contributed by atoms with van der Waals surface area (Å²) in [4.78, 5) is 2.57. The van der Waals surface area contributed by atoms with Crippen LogP contribution in [-0.4, -0.2) is 54.3 Å². The molecule has 0 fully saturated rings. The van der Waals surface area contributed by atoms with Crippen molar-refractivity contribution in [3.63, 3.8) is 0 Å². The first kappa shape index (κ1) is 21.4. The van der Waals surface area contributed by atoms with Gasteiger partial charge in [-0.3, -0.25) is 4.90 Å². The zero-order valence-electron chi connectivity index (χ0n) is 17.1. The van der Waals surface area contributed by atoms with Gasteiger partial charge < -0.3 is 14.2 Å². The highest BCUT2D eigenvalue weighted by Gasteiger charge is 2.19. The number of methoxy groups -OCH3 is 3. The van der Waals surface area contributed by atoms with Crippen molar-refractivity contribution in [1.29, 1.82) is 0 Å². The van der Waals surface area contributed by atoms with Crippen LogP contribution in [0.25, 0.3) is 0 Å². The molecule has 1 heterocycles. The second-order valence-electron chi connectivity index (χ2n) is 6.93. The molecular weight excluding hydrogens is 392 g/mol. The lowest BCUT2D eigenvalue weighted by Crippen LogP contribution is -2.33. The van der Waals surface area contributed by atoms with Crippen LogP contribution in [0.4, 0.5) is 0 Å². The van der Waals surface area contributed by atoms with E-state index in [9.17, 15) is 8.42 Å². The number of nitrogens with zero attached hydrogens (tertiary/aromatic N) is 1. The highest BCUT2D eigenvalue weighted by Crippen LogP contribution is 2.33. The summed E-state index contributed by atoms with van der Waals surface area (Å²) in [6.07, 6.45) is 1.67. The molecule has 0 radical (unpaired) electrons. The molecule has 8 heteroatoms. The summed E-state index contributed by atoms with van der Waals surface area (Å²) in [6.45, 7) is 2.97. The fourth-order valence-electron chi connectivity index (χ4n) is 3.48. The van der Waals surface area contributed by atoms with E-state index in [4.69, 9.17) is 14.2 Å². The SMILES string of the molecule is COc1ccc(S(=O)(=O)NCCCN2CCc3cc(OC)c(OC)cc3C2)cc1. The molecule has 0 unspecified atom stereocenters. The Kier molecular flexibility index (Phi) is 7.00. The highest BCUT2D eigenvalue weighted by atomic mass is 32.2. The third kappa shape index (κ3) is 5.20. The fourth-order valence-corrected chi connectivity index (χ4v) is 4.55. The van der Waals surface area contributed by atoms with Gasteiger partial charge in [-0.05, 0) is 66.9 Å². The zero-order valence-corrected chi connectivity index (χ0v) is 17.9. The standard InChI is InChI=1S/C21H28N2O5S/c1-26-18-5-7-19(8-6-18)29(24,25)22-10-4-11-23-12-9-16-13-20(27-2)21(28-3)14-17(16)15-23/h5-8,13-14,22H,4,9-12,15H2,1-3H3. The van der Waals surface area contributed by atoms with Crippen molar-refractivity contribution in [2.45, 2.75) is 24.3 Å². The maximum absolute atomic E-state index is 12.4. The van der Waals surface area contributed by atoms with E-state index >= 15 is 0 Å². The minimum Gasteiger partial charge on any atom is -0.497 e. The lowest BCUT2D eigenvalue weighted by molar-refractivity contribution is 0.250. The predicted octanol–water partition coefficient (Wildman–Crippen LogP) is 2.44. The van der Waals surface area contributed by atoms with Gasteiger partial charge in [0.25, 0.3) is 0 Å². The number of ether oxygens (including phenoxy) is 3. The van der Waals surface area contributed by atoms with E-state index in [2.05, 4.69) is 15.7 Å². The van der Waals surface area contributed by atoms with Crippen molar-refractivity contribution < 1.29 is 22.6 Å². The Hall–Kier alpha value is -2.29. The van der Waals surface area contributed by atoms with Crippen molar-refractivity contribution in [2.24, 2.45) is 0 Å². The van der Waals surface area contributed by atoms with Gasteiger partial charge in [-0.1, -0.05) is 0 Å². The van der Waals surface area contributed by atoms with Crippen LogP contribution in [0.15, 0.2) is 41.3 Å². The Morgan fingerprint density at radius 3 is 2.24 bits per heavy atom. The summed E-state index contributed by atoms with van der Waals surface area (Å²) in [6, 6.07) is 10.5. The quantitative estimate of drug-likeness (QED) is 0.628. The van der Waals surface area contributed by atoms with E-state index in [0.717, 1.165) is 44.0 Å². The van der Waals surface area contributed by atoms with Crippen LogP contribution in [0.5, 0.6) is 17.2 Å². The summed E-state index contributed by atoms with van der Waals surface area (Å²) < 4.78 is 43.3. The lowest BCUT2D eigenvalue weighted by atomic mass is 9.98. The second kappa shape index (κ2) is 9.47. The molecule has 2 aromatic rings. The summed E-state index contributed by atoms with van der Waals surface area (Å²) in [5, 5.41) is 0. The van der Waals surface area contributed by atoms with E-state index in [-0.39, 0.29) is 4.90 Å². The van der Waals surface area contributed by atoms with Gasteiger partial charge in [0.15, 0.2) is 11.5 Å². The van der Waals surface area contributed by atoms with Crippen LogP contribution in [0.1, 0.15) is 17.5 Å². The molecule has 1 aliphatic rings. The van der Waals surface area contributed by atoms with Gasteiger partial charge in [-0.25, -0.2) is 13.1 Å². The third-order valence-electron chi connectivity index (χ3n) is 5.11. The molecule has 2 aromatic carbocycles. The smallest absolute Gasteiger partial charge is 0.240 e. The number of sulfonamides is 1. The van der Waals surface area contributed by atoms with Crippen LogP contribution in [-0.2, 0) is 23.0 Å². The first-order chi connectivity index (χ1) is 14.0. The van der Waals surface area contributed by atoms with Crippen molar-refractivity contribution in [3.05, 3.63) is 47.5 Å². The Balaban J connectivity index is 1.51. The summed E-state index contributed by atoms with van der Waals surface area (Å²) >= 11 is 0. The number of nitrogens with one attached hydrogen (secondary N) is 1. The largest absolute Gasteiger partial charge is 0.497 e. The van der Waals surface area contributed by atoms with Gasteiger partial charge >= 0.3 is 0 Å². The molecule has 29 heavy (non-hydrogen) atoms. The molecule has 158 valence electrons. The monoisotopic (exact) mass is 420 g/mol. The van der Waals surface area contributed by atoms with Gasteiger partial charge in [-0.15, -0.1) is 0 Å². The molecule has 7 nitrogen and oxygen atoms in total. The number of rotatable bonds is 9. The fraction of sp³-hybridized carbons (Fsp3) is 0.429. The normalized spacial score (nSPS) is 14.3. The average Bonchev–Trinajstić information content (AvgIpc) is 2.75. The Labute approximate surface area is 172 Å². The second-order valence-corrected chi connectivity index (χ2v) is 8.70. The molecule has 0 saturated carbocycles. The predicted molar refractivity (Wildman–Crippen MR) is 111 cm³/mol. The molecule has 0 bridgehead atoms. The summed E-state index contributed by atoms with van der Waals surface area (Å²) in [5.74, 6) is 2.12. The number of hydrogen-bond acceptors (Lipinski definition) is 6. The number of hydrogen-bond donors (Lipinski definition) is 1. The molecule has 3 rings (SSSR count). The first-order valence-corrected chi connectivity index (χ1v) is 11.0. The van der Waals surface area contributed by atoms with E-state index in [1.54, 1.807) is 45.6 Å². The van der Waals surface area contributed by atoms with Crippen molar-refractivity contribution >= 4 is 10.0 Å². The third-order valence-corrected chi connectivity index (χ3v) is 6.59. The van der Waals surface area contributed by atoms with Crippen molar-refractivity contribution in [3.8, 4) is 17.2 Å². The molecule has 1 aliphatic heterocycles.